The van der Waals surface area contributed by atoms with Gasteiger partial charge in [-0.15, -0.1) is 11.3 Å². The van der Waals surface area contributed by atoms with Gasteiger partial charge in [0.1, 0.15) is 11.0 Å². The molecule has 2 aromatic carbocycles. The fraction of sp³-hybridized carbons (Fsp3) is 0.308. The predicted octanol–water partition coefficient (Wildman–Crippen LogP) is 7.96. The first kappa shape index (κ1) is 20.0. The number of aromatic nitrogens is 2. The maximum absolute atomic E-state index is 6.10. The van der Waals surface area contributed by atoms with Crippen LogP contribution in [-0.2, 0) is 10.8 Å². The molecule has 5 rings (SSSR count). The molecule has 5 heteroatoms. The lowest BCUT2D eigenvalue weighted by molar-refractivity contribution is 0.584. The maximum Gasteiger partial charge on any atom is 0.237 e. The van der Waals surface area contributed by atoms with Gasteiger partial charge in [-0.25, -0.2) is 9.97 Å². The summed E-state index contributed by atoms with van der Waals surface area (Å²) in [6, 6.07) is 16.5. The van der Waals surface area contributed by atoms with E-state index in [0.717, 1.165) is 32.0 Å². The number of fused-ring (bicyclic) bond motifs is 2. The van der Waals surface area contributed by atoms with Crippen LogP contribution < -0.4 is 0 Å². The fourth-order valence-corrected chi connectivity index (χ4v) is 4.42. The van der Waals surface area contributed by atoms with Gasteiger partial charge in [0.2, 0.25) is 11.8 Å². The number of nitrogens with zero attached hydrogens (tertiary/aromatic N) is 2. The number of thiophene rings is 1. The summed E-state index contributed by atoms with van der Waals surface area (Å²) in [5.41, 5.74) is 5.98. The van der Waals surface area contributed by atoms with Crippen molar-refractivity contribution in [2.24, 2.45) is 0 Å². The third kappa shape index (κ3) is 3.68. The Morgan fingerprint density at radius 3 is 1.81 bits per heavy atom. The molecule has 3 aromatic heterocycles. The topological polar surface area (TPSA) is 52.1 Å². The number of rotatable bonds is 2. The largest absolute Gasteiger partial charge is 0.435 e. The molecular weight excluding hydrogens is 404 g/mol. The van der Waals surface area contributed by atoms with Gasteiger partial charge in [-0.3, -0.25) is 0 Å². The Labute approximate surface area is 185 Å². The molecule has 0 radical (unpaired) electrons. The van der Waals surface area contributed by atoms with E-state index >= 15 is 0 Å². The van der Waals surface area contributed by atoms with Crippen LogP contribution in [0.2, 0.25) is 0 Å². The van der Waals surface area contributed by atoms with Gasteiger partial charge in [-0.2, -0.15) is 0 Å². The average molecular weight is 431 g/mol. The predicted molar refractivity (Wildman–Crippen MR) is 128 cm³/mol. The average Bonchev–Trinajstić information content (AvgIpc) is 3.41. The molecule has 0 amide bonds. The molecule has 4 nitrogen and oxygen atoms in total. The Morgan fingerprint density at radius 2 is 1.16 bits per heavy atom. The van der Waals surface area contributed by atoms with E-state index in [9.17, 15) is 0 Å². The summed E-state index contributed by atoms with van der Waals surface area (Å²) in [5.74, 6) is 1.26. The van der Waals surface area contributed by atoms with E-state index in [0.29, 0.717) is 11.8 Å². The summed E-state index contributed by atoms with van der Waals surface area (Å²) >= 11 is 1.58. The molecule has 158 valence electrons. The molecule has 0 saturated carbocycles. The Kier molecular flexibility index (Phi) is 4.38. The van der Waals surface area contributed by atoms with Crippen molar-refractivity contribution in [1.82, 2.24) is 9.97 Å². The monoisotopic (exact) mass is 430 g/mol. The zero-order valence-electron chi connectivity index (χ0n) is 18.7. The molecule has 0 aliphatic rings. The van der Waals surface area contributed by atoms with Gasteiger partial charge in [0.15, 0.2) is 11.2 Å². The normalized spacial score (nSPS) is 12.8. The van der Waals surface area contributed by atoms with Crippen molar-refractivity contribution < 1.29 is 8.83 Å². The van der Waals surface area contributed by atoms with E-state index in [-0.39, 0.29) is 10.8 Å². The van der Waals surface area contributed by atoms with E-state index in [4.69, 9.17) is 13.8 Å². The SMILES string of the molecule is CC(C)(C)c1ccc2oc(-c3ccc(-c4nc5ccc(C(C)(C)C)cc5o4)s3)nc2c1. The van der Waals surface area contributed by atoms with E-state index < -0.39 is 0 Å². The van der Waals surface area contributed by atoms with Crippen LogP contribution >= 0.6 is 11.3 Å². The molecule has 0 N–H and O–H groups in total. The Balaban J connectivity index is 1.50. The third-order valence-electron chi connectivity index (χ3n) is 5.54. The molecule has 31 heavy (non-hydrogen) atoms. The first-order chi connectivity index (χ1) is 14.6. The summed E-state index contributed by atoms with van der Waals surface area (Å²) in [5, 5.41) is 0. The number of hydrogen-bond acceptors (Lipinski definition) is 5. The molecule has 0 bridgehead atoms. The van der Waals surface area contributed by atoms with Crippen molar-refractivity contribution in [2.75, 3.05) is 0 Å². The van der Waals surface area contributed by atoms with Crippen LogP contribution in [0.3, 0.4) is 0 Å². The second-order valence-electron chi connectivity index (χ2n) is 10.1. The van der Waals surface area contributed by atoms with Gasteiger partial charge in [-0.1, -0.05) is 53.7 Å². The van der Waals surface area contributed by atoms with Crippen LogP contribution in [0.1, 0.15) is 52.7 Å². The minimum absolute atomic E-state index is 0.0665. The third-order valence-corrected chi connectivity index (χ3v) is 6.60. The molecule has 0 aliphatic heterocycles. The van der Waals surface area contributed by atoms with Crippen molar-refractivity contribution in [3.63, 3.8) is 0 Å². The minimum atomic E-state index is 0.0665. The number of oxazole rings is 2. The lowest BCUT2D eigenvalue weighted by Crippen LogP contribution is -2.10. The summed E-state index contributed by atoms with van der Waals surface area (Å²) in [7, 11) is 0. The molecule has 0 saturated heterocycles. The Hall–Kier alpha value is -2.92. The van der Waals surface area contributed by atoms with Crippen LogP contribution in [0.5, 0.6) is 0 Å². The zero-order valence-corrected chi connectivity index (χ0v) is 19.6. The lowest BCUT2D eigenvalue weighted by Gasteiger charge is -2.18. The molecule has 0 unspecified atom stereocenters. The first-order valence-corrected chi connectivity index (χ1v) is 11.3. The maximum atomic E-state index is 6.10. The quantitative estimate of drug-likeness (QED) is 0.285. The van der Waals surface area contributed by atoms with E-state index in [1.54, 1.807) is 11.3 Å². The van der Waals surface area contributed by atoms with Gasteiger partial charge < -0.3 is 8.83 Å². The number of benzene rings is 2. The minimum Gasteiger partial charge on any atom is -0.435 e. The van der Waals surface area contributed by atoms with Gasteiger partial charge in [0, 0.05) is 0 Å². The molecule has 0 fully saturated rings. The van der Waals surface area contributed by atoms with Crippen LogP contribution in [0.25, 0.3) is 43.7 Å². The molecule has 0 aliphatic carbocycles. The second-order valence-corrected chi connectivity index (χ2v) is 11.2. The van der Waals surface area contributed by atoms with E-state index in [1.165, 1.54) is 11.1 Å². The van der Waals surface area contributed by atoms with E-state index in [1.807, 2.05) is 24.3 Å². The zero-order chi connectivity index (χ0) is 22.0. The van der Waals surface area contributed by atoms with Crippen molar-refractivity contribution >= 4 is 33.5 Å². The summed E-state index contributed by atoms with van der Waals surface area (Å²) in [6.07, 6.45) is 0. The molecule has 3 heterocycles. The fourth-order valence-electron chi connectivity index (χ4n) is 3.56. The standard InChI is InChI=1S/C26H26N2O2S/c1-25(2,3)15-8-10-19-18(13-15)28-24(29-19)22-12-11-21(31-22)23-27-17-9-7-16(26(4,5)6)14-20(17)30-23/h7-14H,1-6H3. The molecule has 0 spiro atoms. The summed E-state index contributed by atoms with van der Waals surface area (Å²) < 4.78 is 12.1. The van der Waals surface area contributed by atoms with Crippen LogP contribution in [0.4, 0.5) is 0 Å². The van der Waals surface area contributed by atoms with Crippen LogP contribution in [0, 0.1) is 0 Å². The highest BCUT2D eigenvalue weighted by Crippen LogP contribution is 2.37. The molecule has 5 aromatic rings. The highest BCUT2D eigenvalue weighted by Gasteiger charge is 2.19. The summed E-state index contributed by atoms with van der Waals surface area (Å²) in [6.45, 7) is 13.2. The molecular formula is C26H26N2O2S. The van der Waals surface area contributed by atoms with E-state index in [2.05, 4.69) is 70.8 Å². The summed E-state index contributed by atoms with van der Waals surface area (Å²) in [4.78, 5) is 11.3. The Morgan fingerprint density at radius 1 is 0.613 bits per heavy atom. The van der Waals surface area contributed by atoms with Crippen molar-refractivity contribution in [1.29, 1.82) is 0 Å². The highest BCUT2D eigenvalue weighted by atomic mass is 32.1. The Bertz CT molecular complexity index is 1300. The highest BCUT2D eigenvalue weighted by molar-refractivity contribution is 7.18. The van der Waals surface area contributed by atoms with Crippen molar-refractivity contribution in [2.45, 2.75) is 52.4 Å². The first-order valence-electron chi connectivity index (χ1n) is 10.5. The lowest BCUT2D eigenvalue weighted by atomic mass is 9.87. The second kappa shape index (κ2) is 6.79. The van der Waals surface area contributed by atoms with Gasteiger partial charge in [0.25, 0.3) is 0 Å². The van der Waals surface area contributed by atoms with Crippen molar-refractivity contribution in [3.05, 3.63) is 59.7 Å². The van der Waals surface area contributed by atoms with Crippen molar-refractivity contribution in [3.8, 4) is 21.5 Å². The van der Waals surface area contributed by atoms with Crippen LogP contribution in [0.15, 0.2) is 57.4 Å². The van der Waals surface area contributed by atoms with Gasteiger partial charge >= 0.3 is 0 Å². The smallest absolute Gasteiger partial charge is 0.237 e. The van der Waals surface area contributed by atoms with Crippen LogP contribution in [-0.4, -0.2) is 9.97 Å². The van der Waals surface area contributed by atoms with Gasteiger partial charge in [0.05, 0.1) is 9.75 Å². The van der Waals surface area contributed by atoms with Gasteiger partial charge in [-0.05, 0) is 58.4 Å². The number of hydrogen-bond donors (Lipinski definition) is 0. The molecule has 0 atom stereocenters.